The maximum atomic E-state index is 12.5. The van der Waals surface area contributed by atoms with E-state index in [0.29, 0.717) is 22.0 Å². The molecule has 0 saturated heterocycles. The van der Waals surface area contributed by atoms with E-state index in [0.717, 1.165) is 5.56 Å². The van der Waals surface area contributed by atoms with Gasteiger partial charge in [-0.05, 0) is 37.6 Å². The van der Waals surface area contributed by atoms with Gasteiger partial charge in [0.05, 0.1) is 6.61 Å². The van der Waals surface area contributed by atoms with Crippen LogP contribution in [0.2, 0.25) is 5.02 Å². The summed E-state index contributed by atoms with van der Waals surface area (Å²) in [6.45, 7) is 3.53. The maximum Gasteiger partial charge on any atom is 0.269 e. The Morgan fingerprint density at radius 2 is 2.08 bits per heavy atom. The Hall–Kier alpha value is -2.62. The Morgan fingerprint density at radius 1 is 1.36 bits per heavy atom. The van der Waals surface area contributed by atoms with Gasteiger partial charge in [0.2, 0.25) is 5.91 Å². The third-order valence-corrected chi connectivity index (χ3v) is 4.17. The van der Waals surface area contributed by atoms with Crippen LogP contribution in [-0.4, -0.2) is 17.6 Å². The summed E-state index contributed by atoms with van der Waals surface area (Å²) in [6.07, 6.45) is 0. The molecule has 0 atom stereocenters. The Morgan fingerprint density at radius 3 is 2.68 bits per heavy atom. The molecule has 6 nitrogen and oxygen atoms in total. The van der Waals surface area contributed by atoms with E-state index in [2.05, 4.69) is 5.32 Å². The second-order valence-electron chi connectivity index (χ2n) is 5.63. The molecule has 0 fully saturated rings. The van der Waals surface area contributed by atoms with Crippen LogP contribution in [-0.2, 0) is 22.7 Å². The predicted molar refractivity (Wildman–Crippen MR) is 95.7 cm³/mol. The van der Waals surface area contributed by atoms with Crippen molar-refractivity contribution >= 4 is 23.2 Å². The molecule has 0 unspecified atom stereocenters. The lowest BCUT2D eigenvalue weighted by Crippen LogP contribution is -2.31. The summed E-state index contributed by atoms with van der Waals surface area (Å²) in [6, 6.07) is 8.74. The summed E-state index contributed by atoms with van der Waals surface area (Å²) >= 11 is 6.04. The molecule has 2 aromatic rings. The SMILES string of the molecule is COCc1cc(C)n(CC(=O)Nc2ccc(C)c(Cl)c2)c(=O)c1C#N. The quantitative estimate of drug-likeness (QED) is 0.889. The lowest BCUT2D eigenvalue weighted by Gasteiger charge is -2.13. The molecule has 0 bridgehead atoms. The predicted octanol–water partition coefficient (Wildman–Crippen LogP) is 2.78. The molecule has 0 radical (unpaired) electrons. The van der Waals surface area contributed by atoms with Crippen LogP contribution < -0.4 is 10.9 Å². The molecule has 0 saturated carbocycles. The van der Waals surface area contributed by atoms with Gasteiger partial charge in [-0.2, -0.15) is 5.26 Å². The minimum atomic E-state index is -0.508. The molecule has 1 N–H and O–H groups in total. The highest BCUT2D eigenvalue weighted by molar-refractivity contribution is 6.31. The standard InChI is InChI=1S/C18H18ClN3O3/c1-11-4-5-14(7-16(11)19)21-17(23)9-22-12(2)6-13(10-25-3)15(8-20)18(22)24/h4-7H,9-10H2,1-3H3,(H,21,23). The summed E-state index contributed by atoms with van der Waals surface area (Å²) in [5, 5.41) is 12.5. The number of amides is 1. The van der Waals surface area contributed by atoms with Gasteiger partial charge < -0.3 is 14.6 Å². The number of carbonyl (C=O) groups is 1. The van der Waals surface area contributed by atoms with Crippen molar-refractivity contribution in [3.05, 3.63) is 62.0 Å². The lowest BCUT2D eigenvalue weighted by molar-refractivity contribution is -0.116. The van der Waals surface area contributed by atoms with Crippen molar-refractivity contribution in [1.82, 2.24) is 4.57 Å². The molecular formula is C18H18ClN3O3. The zero-order chi connectivity index (χ0) is 18.6. The van der Waals surface area contributed by atoms with Crippen molar-refractivity contribution in [2.45, 2.75) is 27.0 Å². The van der Waals surface area contributed by atoms with Crippen LogP contribution >= 0.6 is 11.6 Å². The number of hydrogen-bond acceptors (Lipinski definition) is 4. The molecule has 1 aromatic heterocycles. The minimum absolute atomic E-state index is 0.0152. The molecule has 0 aliphatic heterocycles. The largest absolute Gasteiger partial charge is 0.380 e. The number of halogens is 1. The number of carbonyl (C=O) groups excluding carboxylic acids is 1. The molecule has 0 aliphatic carbocycles. The van der Waals surface area contributed by atoms with Gasteiger partial charge in [-0.25, -0.2) is 0 Å². The molecule has 1 aromatic carbocycles. The third-order valence-electron chi connectivity index (χ3n) is 3.76. The number of rotatable bonds is 5. The average molecular weight is 360 g/mol. The summed E-state index contributed by atoms with van der Waals surface area (Å²) < 4.78 is 6.28. The molecule has 7 heteroatoms. The van der Waals surface area contributed by atoms with Gasteiger partial charge in [0.25, 0.3) is 5.56 Å². The van der Waals surface area contributed by atoms with Crippen molar-refractivity contribution in [3.63, 3.8) is 0 Å². The number of pyridine rings is 1. The molecule has 130 valence electrons. The molecule has 0 spiro atoms. The fraction of sp³-hybridized carbons (Fsp3) is 0.278. The zero-order valence-corrected chi connectivity index (χ0v) is 15.0. The van der Waals surface area contributed by atoms with Gasteiger partial charge in [-0.3, -0.25) is 9.59 Å². The Kier molecular flexibility index (Phi) is 5.97. The van der Waals surface area contributed by atoms with Gasteiger partial charge in [0.15, 0.2) is 0 Å². The smallest absolute Gasteiger partial charge is 0.269 e. The van der Waals surface area contributed by atoms with E-state index in [1.54, 1.807) is 31.2 Å². The van der Waals surface area contributed by atoms with E-state index in [-0.39, 0.29) is 24.6 Å². The van der Waals surface area contributed by atoms with Crippen molar-refractivity contribution in [3.8, 4) is 6.07 Å². The first kappa shape index (κ1) is 18.7. The van der Waals surface area contributed by atoms with E-state index in [1.165, 1.54) is 11.7 Å². The number of benzene rings is 1. The number of ether oxygens (including phenoxy) is 1. The van der Waals surface area contributed by atoms with E-state index < -0.39 is 5.56 Å². The van der Waals surface area contributed by atoms with Gasteiger partial charge in [-0.15, -0.1) is 0 Å². The first-order valence-corrected chi connectivity index (χ1v) is 7.93. The fourth-order valence-corrected chi connectivity index (χ4v) is 2.62. The van der Waals surface area contributed by atoms with Gasteiger partial charge in [0.1, 0.15) is 18.2 Å². The van der Waals surface area contributed by atoms with E-state index in [9.17, 15) is 14.9 Å². The number of nitriles is 1. The first-order chi connectivity index (χ1) is 11.9. The van der Waals surface area contributed by atoms with E-state index in [1.807, 2.05) is 13.0 Å². The van der Waals surface area contributed by atoms with E-state index in [4.69, 9.17) is 16.3 Å². The average Bonchev–Trinajstić information content (AvgIpc) is 2.55. The molecule has 0 aliphatic rings. The van der Waals surface area contributed by atoms with Gasteiger partial charge >= 0.3 is 0 Å². The Bertz CT molecular complexity index is 913. The Balaban J connectivity index is 2.27. The number of hydrogen-bond donors (Lipinski definition) is 1. The van der Waals surface area contributed by atoms with Crippen LogP contribution in [0.25, 0.3) is 0 Å². The minimum Gasteiger partial charge on any atom is -0.380 e. The third kappa shape index (κ3) is 4.27. The second kappa shape index (κ2) is 7.97. The Labute approximate surface area is 150 Å². The monoisotopic (exact) mass is 359 g/mol. The normalized spacial score (nSPS) is 10.4. The summed E-state index contributed by atoms with van der Waals surface area (Å²) in [5.74, 6) is -0.381. The molecular weight excluding hydrogens is 342 g/mol. The summed E-state index contributed by atoms with van der Waals surface area (Å²) in [7, 11) is 1.49. The second-order valence-corrected chi connectivity index (χ2v) is 6.04. The highest BCUT2D eigenvalue weighted by atomic mass is 35.5. The van der Waals surface area contributed by atoms with Crippen LogP contribution in [0.5, 0.6) is 0 Å². The topological polar surface area (TPSA) is 84.1 Å². The van der Waals surface area contributed by atoms with Crippen LogP contribution in [0.4, 0.5) is 5.69 Å². The van der Waals surface area contributed by atoms with Gasteiger partial charge in [-0.1, -0.05) is 17.7 Å². The van der Waals surface area contributed by atoms with Crippen LogP contribution in [0, 0.1) is 25.2 Å². The highest BCUT2D eigenvalue weighted by Crippen LogP contribution is 2.20. The number of aromatic nitrogens is 1. The first-order valence-electron chi connectivity index (χ1n) is 7.55. The fourth-order valence-electron chi connectivity index (χ4n) is 2.43. The van der Waals surface area contributed by atoms with Crippen molar-refractivity contribution in [2.24, 2.45) is 0 Å². The highest BCUT2D eigenvalue weighted by Gasteiger charge is 2.15. The van der Waals surface area contributed by atoms with Crippen molar-refractivity contribution in [2.75, 3.05) is 12.4 Å². The van der Waals surface area contributed by atoms with Crippen molar-refractivity contribution < 1.29 is 9.53 Å². The molecule has 25 heavy (non-hydrogen) atoms. The van der Waals surface area contributed by atoms with Crippen molar-refractivity contribution in [1.29, 1.82) is 5.26 Å². The number of aryl methyl sites for hydroxylation is 2. The number of nitrogens with one attached hydrogen (secondary N) is 1. The van der Waals surface area contributed by atoms with E-state index >= 15 is 0 Å². The maximum absolute atomic E-state index is 12.5. The molecule has 1 amide bonds. The number of anilines is 1. The van der Waals surface area contributed by atoms with Crippen LogP contribution in [0.3, 0.4) is 0 Å². The number of methoxy groups -OCH3 is 1. The molecule has 1 heterocycles. The summed E-state index contributed by atoms with van der Waals surface area (Å²) in [5.41, 5.74) is 2.01. The van der Waals surface area contributed by atoms with Gasteiger partial charge in [0, 0.05) is 29.1 Å². The molecule has 2 rings (SSSR count). The number of nitrogens with zero attached hydrogens (tertiary/aromatic N) is 2. The van der Waals surface area contributed by atoms with Crippen LogP contribution in [0.1, 0.15) is 22.4 Å². The summed E-state index contributed by atoms with van der Waals surface area (Å²) in [4.78, 5) is 24.8. The van der Waals surface area contributed by atoms with Crippen LogP contribution in [0.15, 0.2) is 29.1 Å². The zero-order valence-electron chi connectivity index (χ0n) is 14.2. The lowest BCUT2D eigenvalue weighted by atomic mass is 10.1.